The summed E-state index contributed by atoms with van der Waals surface area (Å²) in [5.74, 6) is 2.39. The van der Waals surface area contributed by atoms with Gasteiger partial charge in [0.2, 0.25) is 16.8 Å². The number of thioether (sulfide) groups is 1. The van der Waals surface area contributed by atoms with Gasteiger partial charge in [-0.1, -0.05) is 64.1 Å². The van der Waals surface area contributed by atoms with E-state index < -0.39 is 0 Å². The van der Waals surface area contributed by atoms with E-state index in [1.165, 1.54) is 23.1 Å². The molecular formula is C19H16ClN5O2S2. The number of halogens is 1. The first-order valence-electron chi connectivity index (χ1n) is 8.61. The molecule has 0 saturated carbocycles. The summed E-state index contributed by atoms with van der Waals surface area (Å²) in [6.07, 6.45) is 0. The average molecular weight is 446 g/mol. The summed E-state index contributed by atoms with van der Waals surface area (Å²) in [5.41, 5.74) is 1.95. The van der Waals surface area contributed by atoms with E-state index in [2.05, 4.69) is 25.7 Å². The number of nitrogens with one attached hydrogen (secondary N) is 1. The minimum absolute atomic E-state index is 0.515. The predicted molar refractivity (Wildman–Crippen MR) is 115 cm³/mol. The van der Waals surface area contributed by atoms with Gasteiger partial charge in [-0.15, -0.1) is 10.2 Å². The van der Waals surface area contributed by atoms with Crippen LogP contribution in [-0.2, 0) is 12.3 Å². The van der Waals surface area contributed by atoms with E-state index in [0.717, 1.165) is 26.3 Å². The third-order valence-corrected chi connectivity index (χ3v) is 6.11. The van der Waals surface area contributed by atoms with Crippen LogP contribution < -0.4 is 10.1 Å². The Morgan fingerprint density at radius 3 is 2.83 bits per heavy atom. The third-order valence-electron chi connectivity index (χ3n) is 3.88. The summed E-state index contributed by atoms with van der Waals surface area (Å²) >= 11 is 8.99. The minimum atomic E-state index is 0.515. The van der Waals surface area contributed by atoms with Crippen LogP contribution in [0.15, 0.2) is 57.4 Å². The van der Waals surface area contributed by atoms with Crippen LogP contribution in [0.1, 0.15) is 11.5 Å². The Balaban J connectivity index is 1.30. The third kappa shape index (κ3) is 5.26. The number of benzene rings is 2. The predicted octanol–water partition coefficient (Wildman–Crippen LogP) is 5.15. The maximum atomic E-state index is 6.01. The van der Waals surface area contributed by atoms with Crippen molar-refractivity contribution in [1.82, 2.24) is 20.3 Å². The van der Waals surface area contributed by atoms with Crippen LogP contribution in [0.5, 0.6) is 5.75 Å². The largest absolute Gasteiger partial charge is 0.497 e. The van der Waals surface area contributed by atoms with Gasteiger partial charge >= 0.3 is 0 Å². The van der Waals surface area contributed by atoms with Gasteiger partial charge in [0, 0.05) is 17.1 Å². The number of rotatable bonds is 8. The molecule has 7 nitrogen and oxygen atoms in total. The summed E-state index contributed by atoms with van der Waals surface area (Å²) in [4.78, 5) is 4.41. The summed E-state index contributed by atoms with van der Waals surface area (Å²) in [5, 5.41) is 17.0. The zero-order chi connectivity index (χ0) is 20.1. The van der Waals surface area contributed by atoms with Gasteiger partial charge in [0.15, 0.2) is 4.34 Å². The molecule has 2 heterocycles. The number of hydrogen-bond acceptors (Lipinski definition) is 9. The molecule has 0 aliphatic carbocycles. The van der Waals surface area contributed by atoms with Gasteiger partial charge < -0.3 is 14.6 Å². The number of nitrogens with zero attached hydrogens (tertiary/aromatic N) is 4. The van der Waals surface area contributed by atoms with Crippen molar-refractivity contribution in [2.75, 3.05) is 12.4 Å². The molecule has 0 radical (unpaired) electrons. The number of aromatic nitrogens is 4. The maximum absolute atomic E-state index is 6.01. The van der Waals surface area contributed by atoms with E-state index in [9.17, 15) is 0 Å². The van der Waals surface area contributed by atoms with Crippen molar-refractivity contribution in [2.24, 2.45) is 0 Å². The first-order valence-corrected chi connectivity index (χ1v) is 10.8. The summed E-state index contributed by atoms with van der Waals surface area (Å²) in [7, 11) is 1.65. The highest BCUT2D eigenvalue weighted by Crippen LogP contribution is 2.29. The fraction of sp³-hybridized carbons (Fsp3) is 0.158. The Labute approximate surface area is 180 Å². The molecule has 148 valence electrons. The van der Waals surface area contributed by atoms with Gasteiger partial charge in [-0.2, -0.15) is 4.98 Å². The van der Waals surface area contributed by atoms with Crippen LogP contribution in [0.4, 0.5) is 5.13 Å². The first-order chi connectivity index (χ1) is 14.2. The highest BCUT2D eigenvalue weighted by atomic mass is 35.5. The molecule has 4 aromatic rings. The lowest BCUT2D eigenvalue weighted by Gasteiger charge is -2.03. The monoisotopic (exact) mass is 445 g/mol. The topological polar surface area (TPSA) is 86.0 Å². The van der Waals surface area contributed by atoms with E-state index in [1.54, 1.807) is 19.2 Å². The summed E-state index contributed by atoms with van der Waals surface area (Å²) < 4.78 is 11.3. The quantitative estimate of drug-likeness (QED) is 0.372. The lowest BCUT2D eigenvalue weighted by Crippen LogP contribution is -1.98. The highest BCUT2D eigenvalue weighted by Gasteiger charge is 2.11. The molecule has 10 heteroatoms. The van der Waals surface area contributed by atoms with E-state index >= 15 is 0 Å². The lowest BCUT2D eigenvalue weighted by atomic mass is 10.2. The van der Waals surface area contributed by atoms with Crippen molar-refractivity contribution >= 4 is 39.8 Å². The van der Waals surface area contributed by atoms with Crippen LogP contribution in [0.3, 0.4) is 0 Å². The van der Waals surface area contributed by atoms with Crippen molar-refractivity contribution in [3.05, 3.63) is 65.0 Å². The van der Waals surface area contributed by atoms with Crippen molar-refractivity contribution in [1.29, 1.82) is 0 Å². The van der Waals surface area contributed by atoms with E-state index in [0.29, 0.717) is 29.0 Å². The van der Waals surface area contributed by atoms with Crippen LogP contribution in [0, 0.1) is 0 Å². The highest BCUT2D eigenvalue weighted by molar-refractivity contribution is 8.00. The van der Waals surface area contributed by atoms with Gasteiger partial charge in [0.1, 0.15) is 5.75 Å². The summed E-state index contributed by atoms with van der Waals surface area (Å²) in [6.45, 7) is 0.663. The van der Waals surface area contributed by atoms with Gasteiger partial charge in [-0.05, 0) is 29.8 Å². The second-order valence-electron chi connectivity index (χ2n) is 5.89. The van der Waals surface area contributed by atoms with Crippen molar-refractivity contribution in [3.8, 4) is 17.1 Å². The smallest absolute Gasteiger partial charge is 0.237 e. The molecule has 0 unspecified atom stereocenters. The van der Waals surface area contributed by atoms with Crippen molar-refractivity contribution in [2.45, 2.75) is 16.6 Å². The van der Waals surface area contributed by atoms with E-state index in [4.69, 9.17) is 20.9 Å². The molecule has 29 heavy (non-hydrogen) atoms. The number of hydrogen-bond donors (Lipinski definition) is 1. The van der Waals surface area contributed by atoms with Gasteiger partial charge in [0.05, 0.1) is 12.9 Å². The van der Waals surface area contributed by atoms with E-state index in [1.807, 2.05) is 36.4 Å². The Morgan fingerprint density at radius 1 is 1.17 bits per heavy atom. The lowest BCUT2D eigenvalue weighted by molar-refractivity contribution is 0.391. The molecular weight excluding hydrogens is 430 g/mol. The van der Waals surface area contributed by atoms with Crippen LogP contribution >= 0.6 is 34.7 Å². The molecule has 0 saturated heterocycles. The van der Waals surface area contributed by atoms with Crippen LogP contribution in [0.2, 0.25) is 5.02 Å². The molecule has 0 bridgehead atoms. The molecule has 4 rings (SSSR count). The molecule has 0 aliphatic rings. The average Bonchev–Trinajstić information content (AvgIpc) is 3.41. The molecule has 0 atom stereocenters. The Kier molecular flexibility index (Phi) is 6.28. The first kappa shape index (κ1) is 19.7. The van der Waals surface area contributed by atoms with Crippen LogP contribution in [0.25, 0.3) is 11.4 Å². The Hall–Kier alpha value is -2.62. The Morgan fingerprint density at radius 2 is 2.03 bits per heavy atom. The fourth-order valence-electron chi connectivity index (χ4n) is 2.44. The SMILES string of the molecule is COc1ccc(CNc2nnc(SCc3nc(-c4cccc(Cl)c4)no3)s2)cc1. The number of ether oxygens (including phenoxy) is 1. The molecule has 2 aromatic heterocycles. The summed E-state index contributed by atoms with van der Waals surface area (Å²) in [6, 6.07) is 15.2. The van der Waals surface area contributed by atoms with Gasteiger partial charge in [0.25, 0.3) is 0 Å². The zero-order valence-electron chi connectivity index (χ0n) is 15.3. The molecule has 0 aliphatic heterocycles. The normalized spacial score (nSPS) is 10.8. The standard InChI is InChI=1S/C19H16ClN5O2S2/c1-26-15-7-5-12(6-8-15)10-21-18-23-24-19(29-18)28-11-16-22-17(25-27-16)13-3-2-4-14(20)9-13/h2-9H,10-11H2,1H3,(H,21,23). The second kappa shape index (κ2) is 9.25. The number of methoxy groups -OCH3 is 1. The molecule has 0 amide bonds. The zero-order valence-corrected chi connectivity index (χ0v) is 17.7. The van der Waals surface area contributed by atoms with Gasteiger partial charge in [-0.25, -0.2) is 0 Å². The Bertz CT molecular complexity index is 1080. The fourth-order valence-corrected chi connectivity index (χ4v) is 4.22. The van der Waals surface area contributed by atoms with Crippen molar-refractivity contribution < 1.29 is 9.26 Å². The molecule has 0 fully saturated rings. The second-order valence-corrected chi connectivity index (χ2v) is 8.52. The van der Waals surface area contributed by atoms with E-state index in [-0.39, 0.29) is 0 Å². The van der Waals surface area contributed by atoms with Crippen LogP contribution in [-0.4, -0.2) is 27.4 Å². The van der Waals surface area contributed by atoms with Crippen molar-refractivity contribution in [3.63, 3.8) is 0 Å². The maximum Gasteiger partial charge on any atom is 0.237 e. The number of anilines is 1. The minimum Gasteiger partial charge on any atom is -0.497 e. The molecule has 1 N–H and O–H groups in total. The van der Waals surface area contributed by atoms with Gasteiger partial charge in [-0.3, -0.25) is 0 Å². The molecule has 0 spiro atoms. The molecule has 2 aromatic carbocycles.